The summed E-state index contributed by atoms with van der Waals surface area (Å²) in [6.07, 6.45) is 7.60. The van der Waals surface area contributed by atoms with E-state index in [-0.39, 0.29) is 18.3 Å². The van der Waals surface area contributed by atoms with E-state index in [1.807, 2.05) is 48.2 Å². The van der Waals surface area contributed by atoms with E-state index >= 15 is 0 Å². The van der Waals surface area contributed by atoms with Gasteiger partial charge < -0.3 is 19.1 Å². The lowest BCUT2D eigenvalue weighted by Gasteiger charge is -2.34. The van der Waals surface area contributed by atoms with Crippen molar-refractivity contribution in [1.29, 1.82) is 0 Å². The van der Waals surface area contributed by atoms with Gasteiger partial charge in [0.15, 0.2) is 5.75 Å². The van der Waals surface area contributed by atoms with E-state index in [2.05, 4.69) is 74.1 Å². The summed E-state index contributed by atoms with van der Waals surface area (Å²) in [6.45, 7) is 8.86. The van der Waals surface area contributed by atoms with Crippen LogP contribution in [0, 0.1) is 13.8 Å². The number of carbonyl (C=O) groups is 1. The van der Waals surface area contributed by atoms with Crippen molar-refractivity contribution in [1.82, 2.24) is 19.8 Å². The highest BCUT2D eigenvalue weighted by molar-refractivity contribution is 9.10. The summed E-state index contributed by atoms with van der Waals surface area (Å²) in [5.74, 6) is 2.20. The van der Waals surface area contributed by atoms with Crippen LogP contribution in [0.2, 0.25) is 5.02 Å². The fourth-order valence-electron chi connectivity index (χ4n) is 5.64. The molecule has 11 heteroatoms. The molecule has 0 unspecified atom stereocenters. The third-order valence-electron chi connectivity index (χ3n) is 8.57. The summed E-state index contributed by atoms with van der Waals surface area (Å²) in [6, 6.07) is 28.0. The Hall–Kier alpha value is -4.41. The monoisotopic (exact) mass is 802 g/mol. The van der Waals surface area contributed by atoms with Gasteiger partial charge in [0.05, 0.1) is 17.8 Å². The highest BCUT2D eigenvalue weighted by Crippen LogP contribution is 2.34. The van der Waals surface area contributed by atoms with Gasteiger partial charge in [0, 0.05) is 68.0 Å². The van der Waals surface area contributed by atoms with Crippen LogP contribution in [-0.2, 0) is 24.4 Å². The molecule has 6 rings (SSSR count). The molecule has 1 amide bonds. The van der Waals surface area contributed by atoms with E-state index in [9.17, 15) is 4.79 Å². The number of nitrogens with zero attached hydrogens (tertiary/aromatic N) is 4. The maximum atomic E-state index is 13.0. The number of hydrogen-bond acceptors (Lipinski definition) is 7. The third-order valence-corrected chi connectivity index (χ3v) is 9.32. The first kappa shape index (κ1) is 38.8. The van der Waals surface area contributed by atoms with E-state index in [4.69, 9.17) is 25.8 Å². The molecule has 8 nitrogen and oxygen atoms in total. The molecular formula is C41H41BrCl2N4O4. The number of aryl methyl sites for hydroxylation is 2. The highest BCUT2D eigenvalue weighted by Gasteiger charge is 2.20. The van der Waals surface area contributed by atoms with Crippen molar-refractivity contribution in [2.45, 2.75) is 33.4 Å². The van der Waals surface area contributed by atoms with E-state index in [0.29, 0.717) is 54.6 Å². The van der Waals surface area contributed by atoms with Crippen LogP contribution < -0.4 is 14.2 Å². The first-order valence-corrected chi connectivity index (χ1v) is 18.1. The number of halogens is 3. The Bertz CT molecular complexity index is 1910. The van der Waals surface area contributed by atoms with Crippen LogP contribution in [0.25, 0.3) is 6.08 Å². The topological polar surface area (TPSA) is 77.0 Å². The van der Waals surface area contributed by atoms with Crippen molar-refractivity contribution in [2.24, 2.45) is 0 Å². The summed E-state index contributed by atoms with van der Waals surface area (Å²) in [4.78, 5) is 25.9. The molecular weight excluding hydrogens is 763 g/mol. The van der Waals surface area contributed by atoms with Gasteiger partial charge >= 0.3 is 0 Å². The molecule has 2 aromatic heterocycles. The molecule has 0 radical (unpaired) electrons. The zero-order valence-corrected chi connectivity index (χ0v) is 32.3. The van der Waals surface area contributed by atoms with Crippen molar-refractivity contribution in [3.05, 3.63) is 146 Å². The lowest BCUT2D eigenvalue weighted by atomic mass is 10.1. The molecule has 1 aliphatic rings. The minimum atomic E-state index is -0.0115. The number of benzene rings is 3. The maximum absolute atomic E-state index is 13.0. The molecule has 0 N–H and O–H groups in total. The molecule has 1 saturated heterocycles. The van der Waals surface area contributed by atoms with Crippen LogP contribution in [-0.4, -0.2) is 58.5 Å². The zero-order valence-electron chi connectivity index (χ0n) is 29.1. The molecule has 3 aromatic carbocycles. The molecule has 1 fully saturated rings. The van der Waals surface area contributed by atoms with Crippen LogP contribution >= 0.6 is 39.9 Å². The van der Waals surface area contributed by atoms with Crippen LogP contribution in [0.5, 0.6) is 23.3 Å². The zero-order chi connectivity index (χ0) is 35.6. The molecule has 0 atom stereocenters. The van der Waals surface area contributed by atoms with Crippen molar-refractivity contribution in [2.75, 3.05) is 32.8 Å². The van der Waals surface area contributed by atoms with Gasteiger partial charge in [-0.25, -0.2) is 9.97 Å². The van der Waals surface area contributed by atoms with Gasteiger partial charge in [-0.05, 0) is 87.9 Å². The summed E-state index contributed by atoms with van der Waals surface area (Å²) in [5, 5.41) is 0.441. The van der Waals surface area contributed by atoms with Gasteiger partial charge in [0.2, 0.25) is 17.7 Å². The number of ether oxygens (including phenoxy) is 3. The lowest BCUT2D eigenvalue weighted by Crippen LogP contribution is -2.47. The van der Waals surface area contributed by atoms with E-state index < -0.39 is 0 Å². The number of amides is 1. The smallest absolute Gasteiger partial charge is 0.246 e. The molecule has 1 aliphatic heterocycles. The van der Waals surface area contributed by atoms with Crippen LogP contribution in [0.4, 0.5) is 0 Å². The molecule has 52 heavy (non-hydrogen) atoms. The summed E-state index contributed by atoms with van der Waals surface area (Å²) in [7, 11) is 0. The Kier molecular flexibility index (Phi) is 14.1. The van der Waals surface area contributed by atoms with Crippen molar-refractivity contribution in [3.8, 4) is 23.3 Å². The Morgan fingerprint density at radius 2 is 1.52 bits per heavy atom. The number of aromatic nitrogens is 2. The maximum Gasteiger partial charge on any atom is 0.246 e. The molecule has 0 bridgehead atoms. The Labute approximate surface area is 324 Å². The normalized spacial score (nSPS) is 13.1. The van der Waals surface area contributed by atoms with Crippen LogP contribution in [0.3, 0.4) is 0 Å². The number of piperazine rings is 1. The van der Waals surface area contributed by atoms with Crippen LogP contribution in [0.15, 0.2) is 108 Å². The second kappa shape index (κ2) is 18.9. The highest BCUT2D eigenvalue weighted by atomic mass is 79.9. The summed E-state index contributed by atoms with van der Waals surface area (Å²) in [5.41, 5.74) is 6.44. The quantitative estimate of drug-likeness (QED) is 0.110. The first-order chi connectivity index (χ1) is 24.8. The van der Waals surface area contributed by atoms with Gasteiger partial charge in [0.25, 0.3) is 0 Å². The SMILES string of the molecule is Cc1ccc(COc2ccc(Oc3c(C)cc(/C=C/C(=O)N4CCN(Cc5ccc(CCOc6ccc(Br)cn6)cc5)CC4)cc3Cl)nc2)cc1.Cl. The van der Waals surface area contributed by atoms with Gasteiger partial charge in [-0.2, -0.15) is 0 Å². The predicted octanol–water partition coefficient (Wildman–Crippen LogP) is 9.28. The first-order valence-electron chi connectivity index (χ1n) is 16.9. The van der Waals surface area contributed by atoms with Crippen molar-refractivity contribution >= 4 is 51.9 Å². The van der Waals surface area contributed by atoms with Gasteiger partial charge in [-0.1, -0.05) is 65.7 Å². The molecule has 0 saturated carbocycles. The average Bonchev–Trinajstić information content (AvgIpc) is 3.14. The van der Waals surface area contributed by atoms with E-state index in [1.54, 1.807) is 36.7 Å². The Balaban J connectivity index is 0.00000523. The minimum Gasteiger partial charge on any atom is -0.487 e. The van der Waals surface area contributed by atoms with Gasteiger partial charge in [-0.3, -0.25) is 9.69 Å². The molecule has 5 aromatic rings. The van der Waals surface area contributed by atoms with E-state index in [1.165, 1.54) is 16.7 Å². The van der Waals surface area contributed by atoms with Crippen LogP contribution in [0.1, 0.15) is 33.4 Å². The predicted molar refractivity (Wildman–Crippen MR) is 212 cm³/mol. The van der Waals surface area contributed by atoms with Gasteiger partial charge in [-0.15, -0.1) is 12.4 Å². The molecule has 0 spiro atoms. The number of pyridine rings is 2. The number of hydrogen-bond donors (Lipinski definition) is 0. The van der Waals surface area contributed by atoms with Crippen molar-refractivity contribution < 1.29 is 19.0 Å². The number of carbonyl (C=O) groups excluding carboxylic acids is 1. The summed E-state index contributed by atoms with van der Waals surface area (Å²) >= 11 is 10.0. The average molecular weight is 805 g/mol. The number of rotatable bonds is 13. The third kappa shape index (κ3) is 11.3. The largest absolute Gasteiger partial charge is 0.487 e. The second-order valence-corrected chi connectivity index (χ2v) is 13.8. The van der Waals surface area contributed by atoms with Gasteiger partial charge in [0.1, 0.15) is 12.4 Å². The lowest BCUT2D eigenvalue weighted by molar-refractivity contribution is -0.127. The minimum absolute atomic E-state index is 0. The molecule has 0 aliphatic carbocycles. The molecule has 270 valence electrons. The van der Waals surface area contributed by atoms with E-state index in [0.717, 1.165) is 47.2 Å². The standard InChI is InChI=1S/C41H40BrClN4O4.ClH/c1-29-3-5-33(6-4-29)28-50-36-13-15-39(45-26-36)51-41-30(2)23-34(24-37(41)43)11-16-40(48)47-20-18-46(19-21-47)27-32-9-7-31(8-10-32)17-22-49-38-14-12-35(42)25-44-38;/h3-16,23-26H,17-22,27-28H2,1-2H3;1H/b16-11+;. The summed E-state index contributed by atoms with van der Waals surface area (Å²) < 4.78 is 18.6. The Morgan fingerprint density at radius 3 is 2.19 bits per heavy atom. The Morgan fingerprint density at radius 1 is 0.827 bits per heavy atom. The second-order valence-electron chi connectivity index (χ2n) is 12.5. The van der Waals surface area contributed by atoms with Crippen molar-refractivity contribution in [3.63, 3.8) is 0 Å². The molecule has 3 heterocycles. The fourth-order valence-corrected chi connectivity index (χ4v) is 6.19. The fraction of sp³-hybridized carbons (Fsp3) is 0.244.